The van der Waals surface area contributed by atoms with Crippen LogP contribution in [-0.2, 0) is 0 Å². The molecule has 0 radical (unpaired) electrons. The lowest BCUT2D eigenvalue weighted by molar-refractivity contribution is 0.416. The highest BCUT2D eigenvalue weighted by Crippen LogP contribution is 2.37. The van der Waals surface area contributed by atoms with Crippen molar-refractivity contribution >= 4 is 21.5 Å². The molecule has 4 nitrogen and oxygen atoms in total. The molecule has 16 heavy (non-hydrogen) atoms. The zero-order chi connectivity index (χ0) is 11.7. The minimum Gasteiger partial charge on any atom is -0.496 e. The molecular formula is C11H13N3OS. The summed E-state index contributed by atoms with van der Waals surface area (Å²) in [5, 5.41) is 1.08. The number of thiazole rings is 1. The van der Waals surface area contributed by atoms with Crippen LogP contribution in [0.4, 0.5) is 10.1 Å². The predicted octanol–water partition coefficient (Wildman–Crippen LogP) is 2.29. The van der Waals surface area contributed by atoms with Crippen molar-refractivity contribution in [2.24, 2.45) is 0 Å². The summed E-state index contributed by atoms with van der Waals surface area (Å²) in [6.07, 6.45) is 0. The zero-order valence-electron chi connectivity index (χ0n) is 9.15. The number of methoxy groups -OCH3 is 1. The molecule has 0 atom stereocenters. The monoisotopic (exact) mass is 235 g/mol. The molecule has 0 saturated carbocycles. The van der Waals surface area contributed by atoms with Crippen molar-refractivity contribution in [3.05, 3.63) is 23.8 Å². The number of anilines is 2. The average molecular weight is 235 g/mol. The normalized spacial score (nSPS) is 10.4. The molecule has 1 heterocycles. The average Bonchev–Trinajstić information content (AvgIpc) is 2.57. The quantitative estimate of drug-likeness (QED) is 0.837. The highest BCUT2D eigenvalue weighted by Gasteiger charge is 2.13. The maximum atomic E-state index is 5.87. The second-order valence-electron chi connectivity index (χ2n) is 3.47. The van der Waals surface area contributed by atoms with Gasteiger partial charge in [0, 0.05) is 5.56 Å². The summed E-state index contributed by atoms with van der Waals surface area (Å²) in [6.45, 7) is 2.01. The first-order valence-corrected chi connectivity index (χ1v) is 5.60. The molecule has 0 fully saturated rings. The fraction of sp³-hybridized carbons (Fsp3) is 0.182. The lowest BCUT2D eigenvalue weighted by Crippen LogP contribution is -1.92. The topological polar surface area (TPSA) is 74.2 Å². The van der Waals surface area contributed by atoms with E-state index in [1.807, 2.05) is 25.1 Å². The molecule has 0 bridgehead atoms. The first-order valence-electron chi connectivity index (χ1n) is 4.78. The van der Waals surface area contributed by atoms with E-state index < -0.39 is 0 Å². The van der Waals surface area contributed by atoms with E-state index in [2.05, 4.69) is 4.98 Å². The van der Waals surface area contributed by atoms with Crippen LogP contribution in [0.15, 0.2) is 18.2 Å². The van der Waals surface area contributed by atoms with Crippen molar-refractivity contribution in [3.63, 3.8) is 0 Å². The maximum absolute atomic E-state index is 5.87. The van der Waals surface area contributed by atoms with Crippen molar-refractivity contribution in [1.29, 1.82) is 0 Å². The van der Waals surface area contributed by atoms with Crippen LogP contribution >= 0.6 is 11.3 Å². The van der Waals surface area contributed by atoms with Crippen LogP contribution in [0.5, 0.6) is 5.75 Å². The fourth-order valence-electron chi connectivity index (χ4n) is 1.55. The third-order valence-corrected chi connectivity index (χ3v) is 2.99. The predicted molar refractivity (Wildman–Crippen MR) is 67.7 cm³/mol. The Morgan fingerprint density at radius 2 is 2.06 bits per heavy atom. The standard InChI is InChI=1S/C11H13N3OS/c1-6-3-4-8(15-2)7(5-6)9-10(12)16-11(13)14-9/h3-5H,12H2,1-2H3,(H2,13,14). The molecule has 1 aromatic carbocycles. The molecule has 5 heteroatoms. The van der Waals surface area contributed by atoms with Gasteiger partial charge in [-0.25, -0.2) is 4.98 Å². The molecule has 0 unspecified atom stereocenters. The second kappa shape index (κ2) is 4.02. The Hall–Kier alpha value is -1.75. The molecule has 2 aromatic rings. The third-order valence-electron chi connectivity index (χ3n) is 2.28. The SMILES string of the molecule is COc1ccc(C)cc1-c1nc(N)sc1N. The van der Waals surface area contributed by atoms with Gasteiger partial charge in [-0.05, 0) is 19.1 Å². The van der Waals surface area contributed by atoms with Gasteiger partial charge in [0.2, 0.25) is 0 Å². The molecule has 84 valence electrons. The summed E-state index contributed by atoms with van der Waals surface area (Å²) in [5.74, 6) is 0.752. The molecule has 0 amide bonds. The van der Waals surface area contributed by atoms with Gasteiger partial charge in [0.15, 0.2) is 5.13 Å². The van der Waals surface area contributed by atoms with E-state index in [1.54, 1.807) is 7.11 Å². The Bertz CT molecular complexity index is 522. The zero-order valence-corrected chi connectivity index (χ0v) is 9.97. The van der Waals surface area contributed by atoms with Gasteiger partial charge in [-0.1, -0.05) is 23.0 Å². The van der Waals surface area contributed by atoms with E-state index in [0.29, 0.717) is 15.8 Å². The van der Waals surface area contributed by atoms with Crippen LogP contribution < -0.4 is 16.2 Å². The van der Waals surface area contributed by atoms with E-state index in [4.69, 9.17) is 16.2 Å². The number of hydrogen-bond acceptors (Lipinski definition) is 5. The summed E-state index contributed by atoms with van der Waals surface area (Å²) in [5.41, 5.74) is 14.2. The van der Waals surface area contributed by atoms with Gasteiger partial charge in [-0.3, -0.25) is 0 Å². The minimum absolute atomic E-state index is 0.469. The van der Waals surface area contributed by atoms with Crippen LogP contribution in [-0.4, -0.2) is 12.1 Å². The lowest BCUT2D eigenvalue weighted by Gasteiger charge is -2.07. The van der Waals surface area contributed by atoms with Gasteiger partial charge in [-0.2, -0.15) is 0 Å². The first kappa shape index (κ1) is 10.8. The largest absolute Gasteiger partial charge is 0.496 e. The van der Waals surface area contributed by atoms with Crippen LogP contribution in [0.25, 0.3) is 11.3 Å². The number of nitrogens with zero attached hydrogens (tertiary/aromatic N) is 1. The number of nitrogen functional groups attached to an aromatic ring is 2. The smallest absolute Gasteiger partial charge is 0.182 e. The minimum atomic E-state index is 0.469. The number of ether oxygens (including phenoxy) is 1. The molecule has 0 aliphatic carbocycles. The molecule has 4 N–H and O–H groups in total. The van der Waals surface area contributed by atoms with E-state index in [1.165, 1.54) is 11.3 Å². The summed E-state index contributed by atoms with van der Waals surface area (Å²) in [4.78, 5) is 4.22. The Morgan fingerprint density at radius 1 is 1.31 bits per heavy atom. The van der Waals surface area contributed by atoms with E-state index >= 15 is 0 Å². The number of nitrogens with two attached hydrogens (primary N) is 2. The van der Waals surface area contributed by atoms with Gasteiger partial charge in [0.05, 0.1) is 7.11 Å². The first-order chi connectivity index (χ1) is 7.61. The summed E-state index contributed by atoms with van der Waals surface area (Å²) < 4.78 is 5.29. The Balaban J connectivity index is 2.62. The fourth-order valence-corrected chi connectivity index (χ4v) is 2.16. The maximum Gasteiger partial charge on any atom is 0.182 e. The van der Waals surface area contributed by atoms with Crippen LogP contribution in [0.2, 0.25) is 0 Å². The summed E-state index contributed by atoms with van der Waals surface area (Å²) in [6, 6.07) is 5.87. The molecule has 0 aliphatic heterocycles. The van der Waals surface area contributed by atoms with E-state index in [-0.39, 0.29) is 0 Å². The van der Waals surface area contributed by atoms with E-state index in [9.17, 15) is 0 Å². The third kappa shape index (κ3) is 1.81. The second-order valence-corrected chi connectivity index (χ2v) is 4.53. The highest BCUT2D eigenvalue weighted by molar-refractivity contribution is 7.19. The van der Waals surface area contributed by atoms with E-state index in [0.717, 1.165) is 16.9 Å². The number of hydrogen-bond donors (Lipinski definition) is 2. The Kier molecular flexibility index (Phi) is 2.70. The summed E-state index contributed by atoms with van der Waals surface area (Å²) in [7, 11) is 1.63. The molecular weight excluding hydrogens is 222 g/mol. The Morgan fingerprint density at radius 3 is 2.62 bits per heavy atom. The highest BCUT2D eigenvalue weighted by atomic mass is 32.1. The number of aromatic nitrogens is 1. The van der Waals surface area contributed by atoms with Gasteiger partial charge in [0.1, 0.15) is 16.4 Å². The van der Waals surface area contributed by atoms with Crippen LogP contribution in [0.1, 0.15) is 5.56 Å². The van der Waals surface area contributed by atoms with Crippen molar-refractivity contribution < 1.29 is 4.74 Å². The van der Waals surface area contributed by atoms with Gasteiger partial charge in [-0.15, -0.1) is 0 Å². The number of benzene rings is 1. The number of rotatable bonds is 2. The van der Waals surface area contributed by atoms with Crippen molar-refractivity contribution in [3.8, 4) is 17.0 Å². The summed E-state index contributed by atoms with van der Waals surface area (Å²) >= 11 is 1.28. The van der Waals surface area contributed by atoms with Crippen LogP contribution in [0, 0.1) is 6.92 Å². The molecule has 0 spiro atoms. The van der Waals surface area contributed by atoms with Crippen LogP contribution in [0.3, 0.4) is 0 Å². The van der Waals surface area contributed by atoms with Crippen molar-refractivity contribution in [2.75, 3.05) is 18.6 Å². The van der Waals surface area contributed by atoms with Crippen molar-refractivity contribution in [2.45, 2.75) is 6.92 Å². The lowest BCUT2D eigenvalue weighted by atomic mass is 10.1. The van der Waals surface area contributed by atoms with Gasteiger partial charge < -0.3 is 16.2 Å². The Labute approximate surface area is 97.9 Å². The molecule has 2 rings (SSSR count). The molecule has 0 saturated heterocycles. The van der Waals surface area contributed by atoms with Gasteiger partial charge >= 0.3 is 0 Å². The molecule has 1 aromatic heterocycles. The van der Waals surface area contributed by atoms with Gasteiger partial charge in [0.25, 0.3) is 0 Å². The number of aryl methyl sites for hydroxylation is 1. The van der Waals surface area contributed by atoms with Crippen molar-refractivity contribution in [1.82, 2.24) is 4.98 Å². The molecule has 0 aliphatic rings.